The van der Waals surface area contributed by atoms with Crippen LogP contribution in [0.2, 0.25) is 0 Å². The fourth-order valence-electron chi connectivity index (χ4n) is 2.07. The van der Waals surface area contributed by atoms with E-state index in [1.54, 1.807) is 0 Å². The molecule has 1 fully saturated rings. The topological polar surface area (TPSA) is 20.3 Å². The van der Waals surface area contributed by atoms with Gasteiger partial charge in [-0.25, -0.2) is 0 Å². The summed E-state index contributed by atoms with van der Waals surface area (Å²) < 4.78 is 0. The van der Waals surface area contributed by atoms with E-state index >= 15 is 0 Å². The van der Waals surface area contributed by atoms with Gasteiger partial charge in [-0.05, 0) is 18.3 Å². The van der Waals surface area contributed by atoms with Gasteiger partial charge in [0.2, 0.25) is 5.91 Å². The summed E-state index contributed by atoms with van der Waals surface area (Å²) in [4.78, 5) is 13.6. The number of rotatable bonds is 4. The monoisotopic (exact) mass is 183 g/mol. The minimum absolute atomic E-state index is 0.368. The van der Waals surface area contributed by atoms with E-state index in [9.17, 15) is 4.79 Å². The summed E-state index contributed by atoms with van der Waals surface area (Å²) in [6, 6.07) is 0. The Morgan fingerprint density at radius 1 is 1.54 bits per heavy atom. The number of hydrogen-bond donors (Lipinski definition) is 0. The van der Waals surface area contributed by atoms with Crippen molar-refractivity contribution >= 4 is 5.91 Å². The Kier molecular flexibility index (Phi) is 3.76. The summed E-state index contributed by atoms with van der Waals surface area (Å²) in [6.45, 7) is 8.47. The van der Waals surface area contributed by atoms with Crippen LogP contribution in [0, 0.1) is 11.8 Å². The molecule has 0 aromatic heterocycles. The highest BCUT2D eigenvalue weighted by molar-refractivity contribution is 5.78. The molecular weight excluding hydrogens is 162 g/mol. The van der Waals surface area contributed by atoms with E-state index in [0.717, 1.165) is 19.5 Å². The number of carbonyl (C=O) groups excluding carboxylic acids is 1. The zero-order valence-corrected chi connectivity index (χ0v) is 9.05. The number of hydrogen-bond acceptors (Lipinski definition) is 1. The first kappa shape index (κ1) is 10.6. The molecule has 1 unspecified atom stereocenters. The molecule has 13 heavy (non-hydrogen) atoms. The molecule has 1 atom stereocenters. The Morgan fingerprint density at radius 3 is 2.77 bits per heavy atom. The van der Waals surface area contributed by atoms with Crippen molar-refractivity contribution in [2.45, 2.75) is 40.0 Å². The Morgan fingerprint density at radius 2 is 2.23 bits per heavy atom. The molecule has 1 aliphatic heterocycles. The fraction of sp³-hybridized carbons (Fsp3) is 0.909. The Balaban J connectivity index is 2.37. The lowest BCUT2D eigenvalue weighted by Crippen LogP contribution is -2.29. The SMILES string of the molecule is CCCC1CC(=O)N(CC(C)C)C1. The highest BCUT2D eigenvalue weighted by atomic mass is 16.2. The number of nitrogens with zero attached hydrogens (tertiary/aromatic N) is 1. The van der Waals surface area contributed by atoms with Gasteiger partial charge in [-0.3, -0.25) is 4.79 Å². The highest BCUT2D eigenvalue weighted by Crippen LogP contribution is 2.22. The predicted octanol–water partition coefficient (Wildman–Crippen LogP) is 2.29. The van der Waals surface area contributed by atoms with Crippen molar-refractivity contribution in [1.29, 1.82) is 0 Å². The lowest BCUT2D eigenvalue weighted by Gasteiger charge is -2.18. The highest BCUT2D eigenvalue weighted by Gasteiger charge is 2.28. The van der Waals surface area contributed by atoms with Crippen LogP contribution in [-0.4, -0.2) is 23.9 Å². The molecule has 2 nitrogen and oxygen atoms in total. The van der Waals surface area contributed by atoms with Crippen LogP contribution in [0.15, 0.2) is 0 Å². The zero-order valence-electron chi connectivity index (χ0n) is 9.05. The molecule has 2 heteroatoms. The van der Waals surface area contributed by atoms with Crippen LogP contribution in [0.25, 0.3) is 0 Å². The standard InChI is InChI=1S/C11H21NO/c1-4-5-10-6-11(13)12(8-10)7-9(2)3/h9-10H,4-8H2,1-3H3. The predicted molar refractivity (Wildman–Crippen MR) is 54.4 cm³/mol. The normalized spacial score (nSPS) is 23.2. The van der Waals surface area contributed by atoms with Gasteiger partial charge >= 0.3 is 0 Å². The first-order valence-corrected chi connectivity index (χ1v) is 5.41. The molecule has 0 N–H and O–H groups in total. The third-order valence-corrected chi connectivity index (χ3v) is 2.58. The molecule has 0 aromatic carbocycles. The molecule has 0 aliphatic carbocycles. The van der Waals surface area contributed by atoms with Crippen LogP contribution in [0.1, 0.15) is 40.0 Å². The minimum Gasteiger partial charge on any atom is -0.342 e. The van der Waals surface area contributed by atoms with E-state index in [2.05, 4.69) is 20.8 Å². The molecule has 0 radical (unpaired) electrons. The van der Waals surface area contributed by atoms with Crippen molar-refractivity contribution in [3.05, 3.63) is 0 Å². The van der Waals surface area contributed by atoms with Crippen molar-refractivity contribution in [3.8, 4) is 0 Å². The molecule has 1 amide bonds. The lowest BCUT2D eigenvalue weighted by atomic mass is 10.0. The summed E-state index contributed by atoms with van der Waals surface area (Å²) in [5.74, 6) is 1.60. The van der Waals surface area contributed by atoms with Crippen LogP contribution in [0.3, 0.4) is 0 Å². The van der Waals surface area contributed by atoms with Gasteiger partial charge in [0.25, 0.3) is 0 Å². The first-order valence-electron chi connectivity index (χ1n) is 5.41. The molecule has 0 aromatic rings. The Bertz CT molecular complexity index is 177. The van der Waals surface area contributed by atoms with Crippen LogP contribution in [0.4, 0.5) is 0 Å². The Hall–Kier alpha value is -0.530. The van der Waals surface area contributed by atoms with Gasteiger partial charge in [0, 0.05) is 19.5 Å². The smallest absolute Gasteiger partial charge is 0.222 e. The summed E-state index contributed by atoms with van der Waals surface area (Å²) in [6.07, 6.45) is 3.20. The zero-order chi connectivity index (χ0) is 9.84. The molecule has 0 bridgehead atoms. The molecule has 0 saturated carbocycles. The second kappa shape index (κ2) is 4.64. The third kappa shape index (κ3) is 3.02. The van der Waals surface area contributed by atoms with Crippen LogP contribution < -0.4 is 0 Å². The van der Waals surface area contributed by atoms with E-state index in [-0.39, 0.29) is 0 Å². The summed E-state index contributed by atoms with van der Waals surface area (Å²) in [7, 11) is 0. The van der Waals surface area contributed by atoms with Gasteiger partial charge in [0.1, 0.15) is 0 Å². The molecule has 1 heterocycles. The average Bonchev–Trinajstić information content (AvgIpc) is 2.31. The van der Waals surface area contributed by atoms with E-state index in [1.807, 2.05) is 4.90 Å². The third-order valence-electron chi connectivity index (χ3n) is 2.58. The summed E-state index contributed by atoms with van der Waals surface area (Å²) >= 11 is 0. The Labute approximate surface area is 81.3 Å². The number of amides is 1. The van der Waals surface area contributed by atoms with Crippen molar-refractivity contribution < 1.29 is 4.79 Å². The van der Waals surface area contributed by atoms with Crippen molar-refractivity contribution in [1.82, 2.24) is 4.90 Å². The molecule has 1 saturated heterocycles. The molecule has 76 valence electrons. The maximum atomic E-state index is 11.5. The molecule has 1 aliphatic rings. The van der Waals surface area contributed by atoms with Crippen LogP contribution >= 0.6 is 0 Å². The summed E-state index contributed by atoms with van der Waals surface area (Å²) in [5, 5.41) is 0. The van der Waals surface area contributed by atoms with Gasteiger partial charge in [0.05, 0.1) is 0 Å². The number of likely N-dealkylation sites (tertiary alicyclic amines) is 1. The summed E-state index contributed by atoms with van der Waals surface area (Å²) in [5.41, 5.74) is 0. The molecule has 1 rings (SSSR count). The molecular formula is C11H21NO. The maximum absolute atomic E-state index is 11.5. The van der Waals surface area contributed by atoms with E-state index in [0.29, 0.717) is 17.7 Å². The van der Waals surface area contributed by atoms with Crippen molar-refractivity contribution in [3.63, 3.8) is 0 Å². The second-order valence-electron chi connectivity index (χ2n) is 4.55. The van der Waals surface area contributed by atoms with Crippen LogP contribution in [-0.2, 0) is 4.79 Å². The quantitative estimate of drug-likeness (QED) is 0.655. The van der Waals surface area contributed by atoms with Gasteiger partial charge in [-0.1, -0.05) is 27.2 Å². The first-order chi connectivity index (χ1) is 6.13. The lowest BCUT2D eigenvalue weighted by molar-refractivity contribution is -0.128. The van der Waals surface area contributed by atoms with E-state index in [1.165, 1.54) is 12.8 Å². The van der Waals surface area contributed by atoms with Gasteiger partial charge in [-0.2, -0.15) is 0 Å². The number of carbonyl (C=O) groups is 1. The average molecular weight is 183 g/mol. The molecule has 0 spiro atoms. The van der Waals surface area contributed by atoms with E-state index in [4.69, 9.17) is 0 Å². The van der Waals surface area contributed by atoms with Crippen molar-refractivity contribution in [2.75, 3.05) is 13.1 Å². The van der Waals surface area contributed by atoms with E-state index < -0.39 is 0 Å². The second-order valence-corrected chi connectivity index (χ2v) is 4.55. The van der Waals surface area contributed by atoms with Crippen LogP contribution in [0.5, 0.6) is 0 Å². The van der Waals surface area contributed by atoms with Gasteiger partial charge in [-0.15, -0.1) is 0 Å². The largest absolute Gasteiger partial charge is 0.342 e. The fourth-order valence-corrected chi connectivity index (χ4v) is 2.07. The van der Waals surface area contributed by atoms with Gasteiger partial charge in [0.15, 0.2) is 0 Å². The minimum atomic E-state index is 0.368. The maximum Gasteiger partial charge on any atom is 0.222 e. The van der Waals surface area contributed by atoms with Crippen molar-refractivity contribution in [2.24, 2.45) is 11.8 Å². The van der Waals surface area contributed by atoms with Gasteiger partial charge < -0.3 is 4.90 Å².